The molecule has 1 heterocycles. The van der Waals surface area contributed by atoms with Crippen LogP contribution >= 0.6 is 23.2 Å². The van der Waals surface area contributed by atoms with E-state index in [9.17, 15) is 13.2 Å². The lowest BCUT2D eigenvalue weighted by molar-refractivity contribution is 0.183. The van der Waals surface area contributed by atoms with Gasteiger partial charge in [-0.25, -0.2) is 17.9 Å². The number of anilines is 1. The number of urea groups is 1. The number of likely N-dealkylation sites (tertiary alicyclic amines) is 1. The monoisotopic (exact) mass is 485 g/mol. The second kappa shape index (κ2) is 10.1. The molecule has 0 atom stereocenters. The van der Waals surface area contributed by atoms with Crippen LogP contribution < -0.4 is 14.8 Å². The number of hydrogen-bond donors (Lipinski definition) is 2. The summed E-state index contributed by atoms with van der Waals surface area (Å²) in [5.74, 6) is 0.716. The Morgan fingerprint density at radius 2 is 1.84 bits per heavy atom. The van der Waals surface area contributed by atoms with E-state index in [1.807, 2.05) is 12.1 Å². The average molecular weight is 486 g/mol. The van der Waals surface area contributed by atoms with Gasteiger partial charge in [0.15, 0.2) is 0 Å². The van der Waals surface area contributed by atoms with E-state index in [1.165, 1.54) is 12.1 Å². The molecule has 1 aliphatic rings. The highest BCUT2D eigenvalue weighted by molar-refractivity contribution is 7.89. The average Bonchev–Trinajstić information content (AvgIpc) is 2.75. The number of amides is 2. The molecule has 1 saturated heterocycles. The molecule has 2 aromatic rings. The Kier molecular flexibility index (Phi) is 7.69. The number of rotatable bonds is 6. The number of benzene rings is 2. The first-order valence-corrected chi connectivity index (χ1v) is 12.1. The number of nitrogens with zero attached hydrogens (tertiary/aromatic N) is 1. The zero-order valence-corrected chi connectivity index (χ0v) is 19.6. The van der Waals surface area contributed by atoms with Crippen molar-refractivity contribution in [2.24, 2.45) is 5.92 Å². The molecule has 0 aromatic heterocycles. The van der Waals surface area contributed by atoms with E-state index in [0.29, 0.717) is 48.0 Å². The molecule has 1 aliphatic heterocycles. The minimum atomic E-state index is -3.76. The summed E-state index contributed by atoms with van der Waals surface area (Å²) in [4.78, 5) is 14.3. The first kappa shape index (κ1) is 23.7. The summed E-state index contributed by atoms with van der Waals surface area (Å²) < 4.78 is 33.2. The predicted molar refractivity (Wildman–Crippen MR) is 123 cm³/mol. The highest BCUT2D eigenvalue weighted by atomic mass is 35.5. The number of sulfonamides is 1. The van der Waals surface area contributed by atoms with Gasteiger partial charge in [0, 0.05) is 24.7 Å². The normalized spacial score (nSPS) is 15.0. The molecule has 31 heavy (non-hydrogen) atoms. The smallest absolute Gasteiger partial charge is 0.321 e. The third-order valence-electron chi connectivity index (χ3n) is 5.32. The Balaban J connectivity index is 1.53. The van der Waals surface area contributed by atoms with Gasteiger partial charge in [-0.05, 0) is 55.5 Å². The van der Waals surface area contributed by atoms with Crippen molar-refractivity contribution in [3.63, 3.8) is 0 Å². The van der Waals surface area contributed by atoms with E-state index in [1.54, 1.807) is 31.1 Å². The van der Waals surface area contributed by atoms with Gasteiger partial charge in [-0.1, -0.05) is 35.3 Å². The molecule has 0 aliphatic carbocycles. The zero-order valence-electron chi connectivity index (χ0n) is 17.3. The van der Waals surface area contributed by atoms with Crippen LogP contribution in [0.2, 0.25) is 10.0 Å². The molecule has 10 heteroatoms. The van der Waals surface area contributed by atoms with E-state index in [4.69, 9.17) is 27.9 Å². The van der Waals surface area contributed by atoms with E-state index in [-0.39, 0.29) is 28.4 Å². The van der Waals surface area contributed by atoms with Crippen molar-refractivity contribution in [2.75, 3.05) is 32.1 Å². The van der Waals surface area contributed by atoms with Crippen molar-refractivity contribution in [3.8, 4) is 5.75 Å². The van der Waals surface area contributed by atoms with Gasteiger partial charge in [-0.2, -0.15) is 0 Å². The summed E-state index contributed by atoms with van der Waals surface area (Å²) in [6.07, 6.45) is 1.38. The predicted octanol–water partition coefficient (Wildman–Crippen LogP) is 4.53. The van der Waals surface area contributed by atoms with E-state index in [2.05, 4.69) is 10.0 Å². The third-order valence-corrected chi connectivity index (χ3v) is 7.61. The molecular weight excluding hydrogens is 461 g/mol. The molecule has 0 spiro atoms. The second-order valence-corrected chi connectivity index (χ2v) is 9.99. The molecule has 0 unspecified atom stereocenters. The van der Waals surface area contributed by atoms with E-state index in [0.717, 1.165) is 0 Å². The summed E-state index contributed by atoms with van der Waals surface area (Å²) in [5, 5.41) is 3.37. The van der Waals surface area contributed by atoms with Crippen molar-refractivity contribution in [2.45, 2.75) is 24.7 Å². The highest BCUT2D eigenvalue weighted by Crippen LogP contribution is 2.29. The van der Waals surface area contributed by atoms with Crippen LogP contribution in [0, 0.1) is 12.8 Å². The maximum atomic E-state index is 12.7. The number of methoxy groups -OCH3 is 1. The Morgan fingerprint density at radius 3 is 2.52 bits per heavy atom. The fourth-order valence-electron chi connectivity index (χ4n) is 3.42. The number of ether oxygens (including phenoxy) is 1. The summed E-state index contributed by atoms with van der Waals surface area (Å²) in [7, 11) is -2.20. The van der Waals surface area contributed by atoms with Crippen LogP contribution in [0.5, 0.6) is 5.75 Å². The van der Waals surface area contributed by atoms with Gasteiger partial charge >= 0.3 is 6.03 Å². The number of aryl methyl sites for hydroxylation is 1. The van der Waals surface area contributed by atoms with Gasteiger partial charge in [-0.15, -0.1) is 0 Å². The minimum absolute atomic E-state index is 0.0182. The largest absolute Gasteiger partial charge is 0.495 e. The first-order valence-electron chi connectivity index (χ1n) is 9.85. The Bertz CT molecular complexity index is 1050. The van der Waals surface area contributed by atoms with Crippen LogP contribution in [0.3, 0.4) is 0 Å². The van der Waals surface area contributed by atoms with Crippen molar-refractivity contribution in [1.29, 1.82) is 0 Å². The molecule has 0 bridgehead atoms. The number of carbonyl (C=O) groups excluding carboxylic acids is 1. The Morgan fingerprint density at radius 1 is 1.16 bits per heavy atom. The van der Waals surface area contributed by atoms with Crippen molar-refractivity contribution in [1.82, 2.24) is 9.62 Å². The standard InChI is InChI=1S/C21H25Cl2N3O4S/c1-14-11-20(17(23)12-16(14)22)31(28,29)24-13-15-7-9-26(10-8-15)21(27)25-18-5-3-4-6-19(18)30-2/h3-6,11-12,15,24H,7-10,13H2,1-2H3,(H,25,27). The molecule has 3 rings (SSSR count). The fraction of sp³-hybridized carbons (Fsp3) is 0.381. The Labute approximate surface area is 192 Å². The van der Waals surface area contributed by atoms with E-state index < -0.39 is 10.0 Å². The van der Waals surface area contributed by atoms with Crippen LogP contribution in [0.25, 0.3) is 0 Å². The van der Waals surface area contributed by atoms with Crippen LogP contribution in [0.15, 0.2) is 41.3 Å². The third kappa shape index (κ3) is 5.83. The number of piperidine rings is 1. The number of para-hydroxylation sites is 2. The van der Waals surface area contributed by atoms with Crippen molar-refractivity contribution in [3.05, 3.63) is 52.0 Å². The quantitative estimate of drug-likeness (QED) is 0.628. The zero-order chi connectivity index (χ0) is 22.6. The van der Waals surface area contributed by atoms with Gasteiger partial charge in [0.25, 0.3) is 0 Å². The molecule has 2 aromatic carbocycles. The van der Waals surface area contributed by atoms with Gasteiger partial charge in [-0.3, -0.25) is 0 Å². The van der Waals surface area contributed by atoms with Crippen LogP contribution in [-0.2, 0) is 10.0 Å². The van der Waals surface area contributed by atoms with Gasteiger partial charge in [0.1, 0.15) is 10.6 Å². The maximum Gasteiger partial charge on any atom is 0.321 e. The molecule has 1 fully saturated rings. The van der Waals surface area contributed by atoms with Crippen molar-refractivity contribution < 1.29 is 17.9 Å². The lowest BCUT2D eigenvalue weighted by atomic mass is 9.97. The lowest BCUT2D eigenvalue weighted by Gasteiger charge is -2.32. The molecule has 7 nitrogen and oxygen atoms in total. The molecule has 2 amide bonds. The van der Waals surface area contributed by atoms with Crippen molar-refractivity contribution >= 4 is 44.9 Å². The summed E-state index contributed by atoms with van der Waals surface area (Å²) in [6.45, 7) is 3.08. The van der Waals surface area contributed by atoms with Crippen LogP contribution in [0.4, 0.5) is 10.5 Å². The highest BCUT2D eigenvalue weighted by Gasteiger charge is 2.26. The number of nitrogens with one attached hydrogen (secondary N) is 2. The van der Waals surface area contributed by atoms with E-state index >= 15 is 0 Å². The van der Waals surface area contributed by atoms with Crippen LogP contribution in [0.1, 0.15) is 18.4 Å². The first-order chi connectivity index (χ1) is 14.7. The summed E-state index contributed by atoms with van der Waals surface area (Å²) in [6, 6.07) is 9.92. The lowest BCUT2D eigenvalue weighted by Crippen LogP contribution is -2.43. The number of halogens is 2. The summed E-state index contributed by atoms with van der Waals surface area (Å²) >= 11 is 12.1. The molecule has 2 N–H and O–H groups in total. The molecule has 0 saturated carbocycles. The Hall–Kier alpha value is -2.00. The summed E-state index contributed by atoms with van der Waals surface area (Å²) in [5.41, 5.74) is 1.25. The van der Waals surface area contributed by atoms with Gasteiger partial charge < -0.3 is 15.0 Å². The molecule has 0 radical (unpaired) electrons. The van der Waals surface area contributed by atoms with Gasteiger partial charge in [0.2, 0.25) is 10.0 Å². The van der Waals surface area contributed by atoms with Gasteiger partial charge in [0.05, 0.1) is 17.8 Å². The second-order valence-electron chi connectivity index (χ2n) is 7.44. The molecule has 168 valence electrons. The van der Waals surface area contributed by atoms with Crippen LogP contribution in [-0.4, -0.2) is 46.1 Å². The maximum absolute atomic E-state index is 12.7. The number of hydrogen-bond acceptors (Lipinski definition) is 4. The molecular formula is C21H25Cl2N3O4S. The SMILES string of the molecule is COc1ccccc1NC(=O)N1CCC(CNS(=O)(=O)c2cc(C)c(Cl)cc2Cl)CC1. The number of carbonyl (C=O) groups is 1. The fourth-order valence-corrected chi connectivity index (χ4v) is 5.37. The topological polar surface area (TPSA) is 87.7 Å². The minimum Gasteiger partial charge on any atom is -0.495 e.